The fourth-order valence-corrected chi connectivity index (χ4v) is 3.77. The molecular formula is C25H21F2N3O3. The molecule has 1 unspecified atom stereocenters. The van der Waals surface area contributed by atoms with Crippen molar-refractivity contribution in [2.75, 3.05) is 0 Å². The second-order valence-corrected chi connectivity index (χ2v) is 7.83. The van der Waals surface area contributed by atoms with Gasteiger partial charge < -0.3 is 5.32 Å². The molecule has 0 aliphatic rings. The summed E-state index contributed by atoms with van der Waals surface area (Å²) in [4.78, 5) is 39.3. The highest BCUT2D eigenvalue weighted by Crippen LogP contribution is 2.16. The SMILES string of the molecule is Cc1ccc2c(c1)c(=O)n(-c1ccc(F)cc1F)c(=O)n2CC(=O)NC(C)c1ccccc1. The van der Waals surface area contributed by atoms with E-state index in [4.69, 9.17) is 0 Å². The molecule has 0 fully saturated rings. The Hall–Kier alpha value is -4.07. The van der Waals surface area contributed by atoms with Crippen molar-refractivity contribution in [2.24, 2.45) is 0 Å². The van der Waals surface area contributed by atoms with E-state index in [1.807, 2.05) is 37.3 Å². The van der Waals surface area contributed by atoms with Crippen LogP contribution in [0.5, 0.6) is 0 Å². The van der Waals surface area contributed by atoms with Gasteiger partial charge in [-0.2, -0.15) is 0 Å². The molecule has 0 radical (unpaired) electrons. The van der Waals surface area contributed by atoms with Crippen molar-refractivity contribution in [3.63, 3.8) is 0 Å². The van der Waals surface area contributed by atoms with Gasteiger partial charge in [-0.1, -0.05) is 42.0 Å². The smallest absolute Gasteiger partial charge is 0.336 e. The first kappa shape index (κ1) is 22.1. The molecule has 6 nitrogen and oxygen atoms in total. The standard InChI is InChI=1S/C25H21F2N3O3/c1-15-8-10-21-19(12-15)24(32)30(22-11-9-18(26)13-20(22)27)25(33)29(21)14-23(31)28-16(2)17-6-4-3-5-7-17/h3-13,16H,14H2,1-2H3,(H,28,31). The minimum atomic E-state index is -1.06. The Kier molecular flexibility index (Phi) is 5.91. The molecule has 1 aromatic heterocycles. The molecule has 0 aliphatic heterocycles. The predicted octanol–water partition coefficient (Wildman–Crippen LogP) is 3.62. The number of rotatable bonds is 5. The van der Waals surface area contributed by atoms with Gasteiger partial charge in [0.05, 0.1) is 22.6 Å². The molecule has 33 heavy (non-hydrogen) atoms. The Bertz CT molecular complexity index is 1480. The molecule has 1 heterocycles. The maximum absolute atomic E-state index is 14.5. The first-order valence-electron chi connectivity index (χ1n) is 10.3. The number of aryl methyl sites for hydroxylation is 1. The molecule has 168 valence electrons. The fourth-order valence-electron chi connectivity index (χ4n) is 3.77. The summed E-state index contributed by atoms with van der Waals surface area (Å²) >= 11 is 0. The molecule has 0 aliphatic carbocycles. The van der Waals surface area contributed by atoms with Crippen LogP contribution in [0.15, 0.2) is 76.3 Å². The summed E-state index contributed by atoms with van der Waals surface area (Å²) in [7, 11) is 0. The van der Waals surface area contributed by atoms with Gasteiger partial charge in [0, 0.05) is 6.07 Å². The highest BCUT2D eigenvalue weighted by atomic mass is 19.1. The Morgan fingerprint density at radius 2 is 1.73 bits per heavy atom. The molecule has 0 spiro atoms. The normalized spacial score (nSPS) is 12.0. The van der Waals surface area contributed by atoms with Crippen LogP contribution in [-0.4, -0.2) is 15.0 Å². The van der Waals surface area contributed by atoms with Crippen molar-refractivity contribution in [2.45, 2.75) is 26.4 Å². The molecule has 0 saturated carbocycles. The number of aromatic nitrogens is 2. The maximum atomic E-state index is 14.5. The monoisotopic (exact) mass is 449 g/mol. The van der Waals surface area contributed by atoms with Gasteiger partial charge >= 0.3 is 5.69 Å². The lowest BCUT2D eigenvalue weighted by Crippen LogP contribution is -2.42. The van der Waals surface area contributed by atoms with Crippen LogP contribution < -0.4 is 16.6 Å². The van der Waals surface area contributed by atoms with Crippen molar-refractivity contribution in [3.8, 4) is 5.69 Å². The summed E-state index contributed by atoms with van der Waals surface area (Å²) in [6, 6.07) is 16.4. The van der Waals surface area contributed by atoms with Gasteiger partial charge in [0.2, 0.25) is 5.91 Å². The Balaban J connectivity index is 1.83. The molecule has 4 rings (SSSR count). The zero-order valence-corrected chi connectivity index (χ0v) is 18.0. The van der Waals surface area contributed by atoms with E-state index in [-0.39, 0.29) is 22.6 Å². The molecule has 1 N–H and O–H groups in total. The van der Waals surface area contributed by atoms with E-state index >= 15 is 0 Å². The minimum absolute atomic E-state index is 0.141. The van der Waals surface area contributed by atoms with E-state index in [2.05, 4.69) is 5.32 Å². The Morgan fingerprint density at radius 3 is 2.42 bits per heavy atom. The number of nitrogens with one attached hydrogen (secondary N) is 1. The van der Waals surface area contributed by atoms with Crippen LogP contribution in [0.4, 0.5) is 8.78 Å². The van der Waals surface area contributed by atoms with E-state index in [1.165, 1.54) is 0 Å². The lowest BCUT2D eigenvalue weighted by atomic mass is 10.1. The third-order valence-corrected chi connectivity index (χ3v) is 5.43. The van der Waals surface area contributed by atoms with E-state index in [9.17, 15) is 23.2 Å². The first-order chi connectivity index (χ1) is 15.8. The summed E-state index contributed by atoms with van der Waals surface area (Å²) in [6.07, 6.45) is 0. The zero-order chi connectivity index (χ0) is 23.7. The van der Waals surface area contributed by atoms with Crippen LogP contribution in [-0.2, 0) is 11.3 Å². The molecule has 8 heteroatoms. The Morgan fingerprint density at radius 1 is 1.00 bits per heavy atom. The van der Waals surface area contributed by atoms with Crippen LogP contribution in [0.3, 0.4) is 0 Å². The summed E-state index contributed by atoms with van der Waals surface area (Å²) in [5, 5.41) is 2.97. The number of nitrogens with zero attached hydrogens (tertiary/aromatic N) is 2. The number of benzene rings is 3. The summed E-state index contributed by atoms with van der Waals surface area (Å²) < 4.78 is 29.7. The third kappa shape index (κ3) is 4.32. The number of amides is 1. The van der Waals surface area contributed by atoms with Gasteiger partial charge in [0.1, 0.15) is 18.2 Å². The van der Waals surface area contributed by atoms with Gasteiger partial charge in [0.25, 0.3) is 5.56 Å². The molecule has 1 amide bonds. The van der Waals surface area contributed by atoms with Gasteiger partial charge in [0.15, 0.2) is 0 Å². The van der Waals surface area contributed by atoms with Crippen LogP contribution in [0, 0.1) is 18.6 Å². The number of carbonyl (C=O) groups is 1. The maximum Gasteiger partial charge on any atom is 0.336 e. The van der Waals surface area contributed by atoms with Crippen LogP contribution in [0.2, 0.25) is 0 Å². The van der Waals surface area contributed by atoms with Crippen molar-refractivity contribution in [1.29, 1.82) is 0 Å². The molecule has 0 bridgehead atoms. The minimum Gasteiger partial charge on any atom is -0.348 e. The van der Waals surface area contributed by atoms with Gasteiger partial charge in [-0.05, 0) is 43.7 Å². The average molecular weight is 449 g/mol. The van der Waals surface area contributed by atoms with Crippen LogP contribution >= 0.6 is 0 Å². The summed E-state index contributed by atoms with van der Waals surface area (Å²) in [6.45, 7) is 3.19. The average Bonchev–Trinajstić information content (AvgIpc) is 2.78. The first-order valence-corrected chi connectivity index (χ1v) is 10.3. The van der Waals surface area contributed by atoms with E-state index in [1.54, 1.807) is 25.1 Å². The summed E-state index contributed by atoms with van der Waals surface area (Å²) in [5.74, 6) is -2.36. The summed E-state index contributed by atoms with van der Waals surface area (Å²) in [5.41, 5.74) is -0.156. The number of halogens is 2. The fraction of sp³-hybridized carbons (Fsp3) is 0.160. The third-order valence-electron chi connectivity index (χ3n) is 5.43. The van der Waals surface area contributed by atoms with E-state index in [0.717, 1.165) is 27.8 Å². The van der Waals surface area contributed by atoms with E-state index in [0.29, 0.717) is 10.6 Å². The number of hydrogen-bond donors (Lipinski definition) is 1. The molecule has 1 atom stereocenters. The highest BCUT2D eigenvalue weighted by molar-refractivity contribution is 5.82. The van der Waals surface area contributed by atoms with Crippen LogP contribution in [0.25, 0.3) is 16.6 Å². The van der Waals surface area contributed by atoms with Crippen molar-refractivity contribution >= 4 is 16.8 Å². The zero-order valence-electron chi connectivity index (χ0n) is 18.0. The molecular weight excluding hydrogens is 428 g/mol. The quantitative estimate of drug-likeness (QED) is 0.506. The lowest BCUT2D eigenvalue weighted by molar-refractivity contribution is -0.122. The lowest BCUT2D eigenvalue weighted by Gasteiger charge is -2.17. The number of carbonyl (C=O) groups excluding carboxylic acids is 1. The Labute approximate surface area is 187 Å². The number of fused-ring (bicyclic) bond motifs is 1. The molecule has 4 aromatic rings. The second kappa shape index (κ2) is 8.82. The highest BCUT2D eigenvalue weighted by Gasteiger charge is 2.20. The molecule has 3 aromatic carbocycles. The topological polar surface area (TPSA) is 73.1 Å². The molecule has 0 saturated heterocycles. The van der Waals surface area contributed by atoms with E-state index < -0.39 is 35.3 Å². The largest absolute Gasteiger partial charge is 0.348 e. The van der Waals surface area contributed by atoms with Crippen molar-refractivity contribution in [1.82, 2.24) is 14.5 Å². The van der Waals surface area contributed by atoms with Crippen molar-refractivity contribution < 1.29 is 13.6 Å². The number of hydrogen-bond acceptors (Lipinski definition) is 3. The van der Waals surface area contributed by atoms with Gasteiger partial charge in [-0.25, -0.2) is 18.1 Å². The second-order valence-electron chi connectivity index (χ2n) is 7.83. The van der Waals surface area contributed by atoms with Crippen molar-refractivity contribution in [3.05, 3.63) is 110 Å². The van der Waals surface area contributed by atoms with Gasteiger partial charge in [-0.15, -0.1) is 0 Å². The van der Waals surface area contributed by atoms with Gasteiger partial charge in [-0.3, -0.25) is 14.2 Å². The predicted molar refractivity (Wildman–Crippen MR) is 121 cm³/mol. The van der Waals surface area contributed by atoms with Crippen LogP contribution in [0.1, 0.15) is 24.1 Å².